The molecule has 3 heteroatoms. The molecule has 1 atom stereocenters. The van der Waals surface area contributed by atoms with Crippen LogP contribution < -0.4 is 0 Å². The molecule has 0 fully saturated rings. The highest BCUT2D eigenvalue weighted by atomic mass is 16.7. The van der Waals surface area contributed by atoms with Crippen LogP contribution in [0.1, 0.15) is 27.2 Å². The van der Waals surface area contributed by atoms with Gasteiger partial charge in [0.25, 0.3) is 0 Å². The van der Waals surface area contributed by atoms with Crippen LogP contribution in [0.25, 0.3) is 0 Å². The van der Waals surface area contributed by atoms with E-state index in [4.69, 9.17) is 4.74 Å². The predicted octanol–water partition coefficient (Wildman–Crippen LogP) is 2.16. The molecule has 11 heavy (non-hydrogen) atoms. The van der Waals surface area contributed by atoms with E-state index in [1.807, 2.05) is 13.8 Å². The van der Waals surface area contributed by atoms with E-state index in [-0.39, 0.29) is 6.10 Å². The molecule has 0 heterocycles. The first-order chi connectivity index (χ1) is 5.20. The largest absolute Gasteiger partial charge is 0.508 e. The highest BCUT2D eigenvalue weighted by molar-refractivity contribution is 5.60. The lowest BCUT2D eigenvalue weighted by Crippen LogP contribution is -2.15. The van der Waals surface area contributed by atoms with Crippen LogP contribution in [0.3, 0.4) is 0 Å². The van der Waals surface area contributed by atoms with Gasteiger partial charge >= 0.3 is 6.16 Å². The highest BCUT2D eigenvalue weighted by Crippen LogP contribution is 1.97. The Morgan fingerprint density at radius 3 is 2.73 bits per heavy atom. The number of ether oxygens (including phenoxy) is 2. The summed E-state index contributed by atoms with van der Waals surface area (Å²) in [7, 11) is 0. The van der Waals surface area contributed by atoms with Crippen molar-refractivity contribution in [2.45, 2.75) is 33.3 Å². The molecule has 0 saturated heterocycles. The number of rotatable bonds is 4. The van der Waals surface area contributed by atoms with Gasteiger partial charge in [0.1, 0.15) is 6.10 Å². The summed E-state index contributed by atoms with van der Waals surface area (Å²) >= 11 is 0. The van der Waals surface area contributed by atoms with Gasteiger partial charge in [-0.2, -0.15) is 0 Å². The van der Waals surface area contributed by atoms with Crippen LogP contribution in [0.15, 0.2) is 0 Å². The summed E-state index contributed by atoms with van der Waals surface area (Å²) in [5.74, 6) is 0. The minimum Gasteiger partial charge on any atom is -0.434 e. The summed E-state index contributed by atoms with van der Waals surface area (Å²) < 4.78 is 9.47. The quantitative estimate of drug-likeness (QED) is 0.589. The molecule has 0 aliphatic carbocycles. The monoisotopic (exact) mass is 159 g/mol. The molecule has 0 saturated carbocycles. The fraction of sp³-hybridized carbons (Fsp3) is 0.750. The normalized spacial score (nSPS) is 12.3. The summed E-state index contributed by atoms with van der Waals surface area (Å²) in [6, 6.07) is 0. The Morgan fingerprint density at radius 1 is 1.64 bits per heavy atom. The zero-order chi connectivity index (χ0) is 8.69. The van der Waals surface area contributed by atoms with Gasteiger partial charge in [0, 0.05) is 0 Å². The summed E-state index contributed by atoms with van der Waals surface area (Å²) in [5, 5.41) is 0. The van der Waals surface area contributed by atoms with Gasteiger partial charge in [-0.1, -0.05) is 13.8 Å². The molecule has 0 N–H and O–H groups in total. The van der Waals surface area contributed by atoms with Crippen molar-refractivity contribution in [1.29, 1.82) is 0 Å². The maximum absolute atomic E-state index is 10.7. The third kappa shape index (κ3) is 5.70. The van der Waals surface area contributed by atoms with Crippen molar-refractivity contribution in [3.63, 3.8) is 0 Å². The maximum atomic E-state index is 10.7. The van der Waals surface area contributed by atoms with Crippen molar-refractivity contribution in [3.8, 4) is 0 Å². The first-order valence-corrected chi connectivity index (χ1v) is 3.83. The van der Waals surface area contributed by atoms with Crippen LogP contribution in [-0.4, -0.2) is 18.9 Å². The number of carbonyl (C=O) groups is 1. The summed E-state index contributed by atoms with van der Waals surface area (Å²) in [6.45, 7) is 5.98. The smallest absolute Gasteiger partial charge is 0.434 e. The van der Waals surface area contributed by atoms with Crippen LogP contribution in [0.5, 0.6) is 0 Å². The van der Waals surface area contributed by atoms with Crippen LogP contribution in [-0.2, 0) is 9.47 Å². The van der Waals surface area contributed by atoms with Gasteiger partial charge in [-0.25, -0.2) is 4.79 Å². The van der Waals surface area contributed by atoms with E-state index in [0.717, 1.165) is 6.42 Å². The van der Waals surface area contributed by atoms with Gasteiger partial charge in [-0.3, -0.25) is 0 Å². The molecule has 0 aliphatic rings. The number of hydrogen-bond acceptors (Lipinski definition) is 3. The van der Waals surface area contributed by atoms with E-state index in [0.29, 0.717) is 6.61 Å². The van der Waals surface area contributed by atoms with Crippen LogP contribution >= 0.6 is 0 Å². The number of hydrogen-bond donors (Lipinski definition) is 0. The average molecular weight is 159 g/mol. The molecule has 0 aromatic rings. The molecule has 0 aliphatic heterocycles. The number of carbonyl (C=O) groups excluding carboxylic acids is 1. The highest BCUT2D eigenvalue weighted by Gasteiger charge is 2.07. The molecule has 0 aromatic carbocycles. The van der Waals surface area contributed by atoms with Crippen molar-refractivity contribution >= 4 is 6.16 Å². The Labute approximate surface area is 67.7 Å². The SMILES string of the molecule is C[CH]C(C)OC(=O)OCCC. The van der Waals surface area contributed by atoms with Gasteiger partial charge in [0.2, 0.25) is 0 Å². The maximum Gasteiger partial charge on any atom is 0.508 e. The van der Waals surface area contributed by atoms with E-state index in [2.05, 4.69) is 4.74 Å². The minimum absolute atomic E-state index is 0.167. The molecule has 0 aromatic heterocycles. The third-order valence-electron chi connectivity index (χ3n) is 1.18. The Kier molecular flexibility index (Phi) is 5.61. The fourth-order valence-electron chi connectivity index (χ4n) is 0.439. The molecular weight excluding hydrogens is 144 g/mol. The Balaban J connectivity index is 3.36. The Morgan fingerprint density at radius 2 is 2.27 bits per heavy atom. The van der Waals surface area contributed by atoms with Crippen LogP contribution in [0.2, 0.25) is 0 Å². The second kappa shape index (κ2) is 6.01. The van der Waals surface area contributed by atoms with Crippen molar-refractivity contribution in [2.24, 2.45) is 0 Å². The van der Waals surface area contributed by atoms with E-state index in [1.165, 1.54) is 0 Å². The third-order valence-corrected chi connectivity index (χ3v) is 1.18. The molecule has 1 unspecified atom stereocenters. The molecule has 0 spiro atoms. The van der Waals surface area contributed by atoms with E-state index >= 15 is 0 Å². The summed E-state index contributed by atoms with van der Waals surface area (Å²) in [6.07, 6.45) is 1.85. The molecule has 0 rings (SSSR count). The lowest BCUT2D eigenvalue weighted by molar-refractivity contribution is 0.0382. The minimum atomic E-state index is -0.586. The topological polar surface area (TPSA) is 35.5 Å². The molecule has 0 amide bonds. The van der Waals surface area contributed by atoms with Gasteiger partial charge < -0.3 is 9.47 Å². The lowest BCUT2D eigenvalue weighted by atomic mass is 10.3. The zero-order valence-corrected chi connectivity index (χ0v) is 7.29. The first-order valence-electron chi connectivity index (χ1n) is 3.83. The fourth-order valence-corrected chi connectivity index (χ4v) is 0.439. The molecule has 65 valence electrons. The van der Waals surface area contributed by atoms with Gasteiger partial charge in [-0.05, 0) is 19.8 Å². The predicted molar refractivity (Wildman–Crippen MR) is 42.2 cm³/mol. The van der Waals surface area contributed by atoms with Gasteiger partial charge in [-0.15, -0.1) is 0 Å². The van der Waals surface area contributed by atoms with Crippen LogP contribution in [0, 0.1) is 6.42 Å². The van der Waals surface area contributed by atoms with E-state index in [1.54, 1.807) is 13.3 Å². The Bertz CT molecular complexity index is 112. The van der Waals surface area contributed by atoms with Crippen molar-refractivity contribution in [2.75, 3.05) is 6.61 Å². The Hall–Kier alpha value is -0.730. The summed E-state index contributed by atoms with van der Waals surface area (Å²) in [5.41, 5.74) is 0. The van der Waals surface area contributed by atoms with Gasteiger partial charge in [0.15, 0.2) is 0 Å². The average Bonchev–Trinajstić information content (AvgIpc) is 2.00. The van der Waals surface area contributed by atoms with Crippen LogP contribution in [0.4, 0.5) is 4.79 Å². The second-order valence-electron chi connectivity index (χ2n) is 2.25. The van der Waals surface area contributed by atoms with E-state index < -0.39 is 6.16 Å². The summed E-state index contributed by atoms with van der Waals surface area (Å²) in [4.78, 5) is 10.7. The molecule has 3 nitrogen and oxygen atoms in total. The molecule has 1 radical (unpaired) electrons. The first kappa shape index (κ1) is 10.3. The second-order valence-corrected chi connectivity index (χ2v) is 2.25. The van der Waals surface area contributed by atoms with Crippen molar-refractivity contribution in [1.82, 2.24) is 0 Å². The molecule has 0 bridgehead atoms. The lowest BCUT2D eigenvalue weighted by Gasteiger charge is -2.09. The molecular formula is C8H15O3. The van der Waals surface area contributed by atoms with Crippen molar-refractivity contribution < 1.29 is 14.3 Å². The van der Waals surface area contributed by atoms with Crippen molar-refractivity contribution in [3.05, 3.63) is 6.42 Å². The standard InChI is InChI=1S/C8H15O3/c1-4-6-10-8(9)11-7(3)5-2/h5,7H,4,6H2,1-3H3. The zero-order valence-electron chi connectivity index (χ0n) is 7.29. The van der Waals surface area contributed by atoms with Gasteiger partial charge in [0.05, 0.1) is 6.61 Å². The van der Waals surface area contributed by atoms with E-state index in [9.17, 15) is 4.79 Å².